The Morgan fingerprint density at radius 2 is 2.21 bits per heavy atom. The zero-order valence-electron chi connectivity index (χ0n) is 11.2. The van der Waals surface area contributed by atoms with Crippen molar-refractivity contribution in [3.8, 4) is 0 Å². The molecule has 0 spiro atoms. The second-order valence-corrected chi connectivity index (χ2v) is 5.38. The fourth-order valence-corrected chi connectivity index (χ4v) is 2.51. The highest BCUT2D eigenvalue weighted by molar-refractivity contribution is 6.31. The predicted octanol–water partition coefficient (Wildman–Crippen LogP) is 1.98. The van der Waals surface area contributed by atoms with E-state index in [1.807, 2.05) is 31.2 Å². The Kier molecular flexibility index (Phi) is 4.45. The average molecular weight is 283 g/mol. The van der Waals surface area contributed by atoms with E-state index >= 15 is 0 Å². The fraction of sp³-hybridized carbons (Fsp3) is 0.500. The molecular weight excluding hydrogens is 264 g/mol. The van der Waals surface area contributed by atoms with Gasteiger partial charge >= 0.3 is 0 Å². The first kappa shape index (κ1) is 14.3. The molecular formula is C14H19ClN2O2. The first-order chi connectivity index (χ1) is 9.00. The second-order valence-electron chi connectivity index (χ2n) is 4.97. The molecule has 1 heterocycles. The van der Waals surface area contributed by atoms with Crippen molar-refractivity contribution in [2.75, 3.05) is 13.2 Å². The van der Waals surface area contributed by atoms with Crippen molar-refractivity contribution < 1.29 is 9.53 Å². The summed E-state index contributed by atoms with van der Waals surface area (Å²) >= 11 is 6.18. The number of carbonyl (C=O) groups is 1. The first-order valence-electron chi connectivity index (χ1n) is 6.42. The average Bonchev–Trinajstić information content (AvgIpc) is 2.39. The molecule has 5 heteroatoms. The Morgan fingerprint density at radius 1 is 1.53 bits per heavy atom. The molecule has 1 aliphatic heterocycles. The van der Waals surface area contributed by atoms with Gasteiger partial charge in [-0.2, -0.15) is 0 Å². The summed E-state index contributed by atoms with van der Waals surface area (Å²) in [6.45, 7) is 4.65. The maximum absolute atomic E-state index is 12.1. The Balaban J connectivity index is 2.18. The Labute approximate surface area is 118 Å². The molecule has 0 aromatic heterocycles. The highest BCUT2D eigenvalue weighted by Gasteiger charge is 2.32. The van der Waals surface area contributed by atoms with Gasteiger partial charge in [0.05, 0.1) is 25.2 Å². The van der Waals surface area contributed by atoms with E-state index in [0.717, 1.165) is 5.56 Å². The lowest BCUT2D eigenvalue weighted by atomic mass is 10.1. The summed E-state index contributed by atoms with van der Waals surface area (Å²) in [7, 11) is 0. The van der Waals surface area contributed by atoms with E-state index in [4.69, 9.17) is 22.1 Å². The number of benzene rings is 1. The van der Waals surface area contributed by atoms with Gasteiger partial charge < -0.3 is 15.4 Å². The Bertz CT molecular complexity index is 465. The van der Waals surface area contributed by atoms with E-state index in [0.29, 0.717) is 18.2 Å². The molecule has 0 unspecified atom stereocenters. The molecule has 1 fully saturated rings. The number of ether oxygens (including phenoxy) is 1. The summed E-state index contributed by atoms with van der Waals surface area (Å²) in [6.07, 6.45) is -0.187. The van der Waals surface area contributed by atoms with Crippen LogP contribution in [0.3, 0.4) is 0 Å². The van der Waals surface area contributed by atoms with E-state index in [9.17, 15) is 4.79 Å². The quantitative estimate of drug-likeness (QED) is 0.902. The van der Waals surface area contributed by atoms with Gasteiger partial charge in [0.25, 0.3) is 0 Å². The molecule has 0 radical (unpaired) electrons. The first-order valence-corrected chi connectivity index (χ1v) is 6.80. The topological polar surface area (TPSA) is 55.6 Å². The van der Waals surface area contributed by atoms with Crippen LogP contribution in [0.1, 0.15) is 25.5 Å². The number of carbonyl (C=O) groups excluding carboxylic acids is 1. The fourth-order valence-electron chi connectivity index (χ4n) is 2.25. The number of nitrogens with two attached hydrogens (primary N) is 1. The molecule has 0 aliphatic carbocycles. The molecule has 1 amide bonds. The van der Waals surface area contributed by atoms with Gasteiger partial charge in [-0.3, -0.25) is 4.79 Å². The van der Waals surface area contributed by atoms with Crippen LogP contribution in [0.4, 0.5) is 0 Å². The number of morpholine rings is 1. The van der Waals surface area contributed by atoms with E-state index in [1.54, 1.807) is 11.8 Å². The SMILES string of the molecule is C[C@@H]1CO[C@@H](c2ccccc2Cl)CN1C(=O)[C@@H](C)N. The van der Waals surface area contributed by atoms with Crippen LogP contribution in [-0.2, 0) is 9.53 Å². The summed E-state index contributed by atoms with van der Waals surface area (Å²) < 4.78 is 5.80. The normalized spacial score (nSPS) is 25.2. The third kappa shape index (κ3) is 3.08. The summed E-state index contributed by atoms with van der Waals surface area (Å²) in [4.78, 5) is 13.9. The highest BCUT2D eigenvalue weighted by Crippen LogP contribution is 2.30. The van der Waals surface area contributed by atoms with Gasteiger partial charge in [0.2, 0.25) is 5.91 Å². The predicted molar refractivity (Wildman–Crippen MR) is 75.0 cm³/mol. The monoisotopic (exact) mass is 282 g/mol. The van der Waals surface area contributed by atoms with Gasteiger partial charge in [0.1, 0.15) is 6.10 Å². The zero-order chi connectivity index (χ0) is 14.0. The lowest BCUT2D eigenvalue weighted by molar-refractivity contribution is -0.145. The van der Waals surface area contributed by atoms with Crippen LogP contribution in [0.25, 0.3) is 0 Å². The highest BCUT2D eigenvalue weighted by atomic mass is 35.5. The van der Waals surface area contributed by atoms with Crippen LogP contribution in [0.5, 0.6) is 0 Å². The van der Waals surface area contributed by atoms with Crippen molar-refractivity contribution in [2.24, 2.45) is 5.73 Å². The smallest absolute Gasteiger partial charge is 0.239 e. The zero-order valence-corrected chi connectivity index (χ0v) is 11.9. The molecule has 0 bridgehead atoms. The van der Waals surface area contributed by atoms with Crippen molar-refractivity contribution in [3.63, 3.8) is 0 Å². The molecule has 1 aromatic carbocycles. The van der Waals surface area contributed by atoms with E-state index in [2.05, 4.69) is 0 Å². The van der Waals surface area contributed by atoms with Gasteiger partial charge in [0.15, 0.2) is 0 Å². The largest absolute Gasteiger partial charge is 0.369 e. The van der Waals surface area contributed by atoms with Crippen molar-refractivity contribution >= 4 is 17.5 Å². The van der Waals surface area contributed by atoms with Crippen LogP contribution in [0, 0.1) is 0 Å². The maximum atomic E-state index is 12.1. The van der Waals surface area contributed by atoms with Gasteiger partial charge in [-0.15, -0.1) is 0 Å². The summed E-state index contributed by atoms with van der Waals surface area (Å²) in [5.74, 6) is -0.0483. The second kappa shape index (κ2) is 5.90. The van der Waals surface area contributed by atoms with Gasteiger partial charge in [-0.25, -0.2) is 0 Å². The molecule has 1 aromatic rings. The summed E-state index contributed by atoms with van der Waals surface area (Å²) in [6, 6.07) is 7.10. The van der Waals surface area contributed by atoms with Crippen LogP contribution in [0.2, 0.25) is 5.02 Å². The molecule has 1 aliphatic rings. The summed E-state index contributed by atoms with van der Waals surface area (Å²) in [5.41, 5.74) is 6.60. The number of hydrogen-bond donors (Lipinski definition) is 1. The number of nitrogens with zero attached hydrogens (tertiary/aromatic N) is 1. The molecule has 2 N–H and O–H groups in total. The lowest BCUT2D eigenvalue weighted by Crippen LogP contribution is -2.52. The Morgan fingerprint density at radius 3 is 2.84 bits per heavy atom. The molecule has 19 heavy (non-hydrogen) atoms. The number of rotatable bonds is 2. The van der Waals surface area contributed by atoms with Crippen molar-refractivity contribution in [1.82, 2.24) is 4.90 Å². The maximum Gasteiger partial charge on any atom is 0.239 e. The van der Waals surface area contributed by atoms with Gasteiger partial charge in [-0.1, -0.05) is 29.8 Å². The Hall–Kier alpha value is -1.10. The molecule has 4 nitrogen and oxygen atoms in total. The minimum atomic E-state index is -0.493. The molecule has 104 valence electrons. The minimum absolute atomic E-state index is 0.0391. The summed E-state index contributed by atoms with van der Waals surface area (Å²) in [5, 5.41) is 0.662. The van der Waals surface area contributed by atoms with Crippen LogP contribution >= 0.6 is 11.6 Å². The van der Waals surface area contributed by atoms with Gasteiger partial charge in [0, 0.05) is 10.6 Å². The van der Waals surface area contributed by atoms with E-state index in [1.165, 1.54) is 0 Å². The van der Waals surface area contributed by atoms with E-state index < -0.39 is 6.04 Å². The lowest BCUT2D eigenvalue weighted by Gasteiger charge is -2.39. The van der Waals surface area contributed by atoms with Crippen LogP contribution in [0.15, 0.2) is 24.3 Å². The third-order valence-electron chi connectivity index (χ3n) is 3.36. The van der Waals surface area contributed by atoms with Crippen molar-refractivity contribution in [2.45, 2.75) is 32.0 Å². The number of halogens is 1. The molecule has 2 rings (SSSR count). The number of amides is 1. The van der Waals surface area contributed by atoms with E-state index in [-0.39, 0.29) is 18.1 Å². The minimum Gasteiger partial charge on any atom is -0.369 e. The van der Waals surface area contributed by atoms with Crippen molar-refractivity contribution in [3.05, 3.63) is 34.9 Å². The van der Waals surface area contributed by atoms with Crippen LogP contribution < -0.4 is 5.73 Å². The molecule has 3 atom stereocenters. The molecule has 1 saturated heterocycles. The van der Waals surface area contributed by atoms with Crippen molar-refractivity contribution in [1.29, 1.82) is 0 Å². The van der Waals surface area contributed by atoms with Gasteiger partial charge in [-0.05, 0) is 19.9 Å². The standard InChI is InChI=1S/C14H19ClN2O2/c1-9-8-19-13(7-17(9)14(18)10(2)16)11-5-3-4-6-12(11)15/h3-6,9-10,13H,7-8,16H2,1-2H3/t9-,10-,13-/m1/s1. The number of hydrogen-bond acceptors (Lipinski definition) is 3. The molecule has 0 saturated carbocycles. The third-order valence-corrected chi connectivity index (χ3v) is 3.70. The van der Waals surface area contributed by atoms with Crippen LogP contribution in [-0.4, -0.2) is 36.0 Å².